The van der Waals surface area contributed by atoms with Crippen LogP contribution in [-0.4, -0.2) is 83.0 Å². The summed E-state index contributed by atoms with van der Waals surface area (Å²) < 4.78 is 26.3. The molecule has 0 aromatic heterocycles. The minimum Gasteiger partial charge on any atom is -0.447 e. The number of hydrogen-bond donors (Lipinski definition) is 2. The normalized spacial score (nSPS) is 18.1. The van der Waals surface area contributed by atoms with Gasteiger partial charge < -0.3 is 39.2 Å². The average Bonchev–Trinajstić information content (AvgIpc) is 3.43. The lowest BCUT2D eigenvalue weighted by Crippen LogP contribution is -2.38. The Kier molecular flexibility index (Phi) is 12.7. The number of ether oxygens (including phenoxy) is 5. The zero-order valence-corrected chi connectivity index (χ0v) is 24.0. The van der Waals surface area contributed by atoms with Crippen molar-refractivity contribution in [2.45, 2.75) is 50.7 Å². The summed E-state index contributed by atoms with van der Waals surface area (Å²) in [5.41, 5.74) is 4.48. The molecule has 10 heteroatoms. The molecule has 1 fully saturated rings. The van der Waals surface area contributed by atoms with Crippen LogP contribution in [0.3, 0.4) is 0 Å². The van der Waals surface area contributed by atoms with Gasteiger partial charge in [0.05, 0.1) is 46.2 Å². The van der Waals surface area contributed by atoms with Crippen LogP contribution >= 0.6 is 0 Å². The van der Waals surface area contributed by atoms with Crippen molar-refractivity contribution >= 4 is 17.8 Å². The van der Waals surface area contributed by atoms with Crippen molar-refractivity contribution in [2.75, 3.05) is 65.3 Å². The highest BCUT2D eigenvalue weighted by Gasteiger charge is 2.25. The molecule has 0 unspecified atom stereocenters. The van der Waals surface area contributed by atoms with E-state index < -0.39 is 6.09 Å². The number of methoxy groups -OCH3 is 1. The number of fused-ring (bicyclic) bond motifs is 1. The first-order chi connectivity index (χ1) is 20.1. The third kappa shape index (κ3) is 10.3. The highest BCUT2D eigenvalue weighted by molar-refractivity contribution is 5.89. The molecule has 1 heterocycles. The number of amides is 3. The van der Waals surface area contributed by atoms with Crippen molar-refractivity contribution in [1.29, 1.82) is 0 Å². The van der Waals surface area contributed by atoms with Crippen LogP contribution in [0, 0.1) is 0 Å². The fourth-order valence-electron chi connectivity index (χ4n) is 5.17. The molecule has 10 nitrogen and oxygen atoms in total. The number of anilines is 1. The maximum Gasteiger partial charge on any atom is 0.407 e. The average molecular weight is 570 g/mol. The molecule has 2 N–H and O–H groups in total. The van der Waals surface area contributed by atoms with Gasteiger partial charge in [0.15, 0.2) is 0 Å². The summed E-state index contributed by atoms with van der Waals surface area (Å²) >= 11 is 0. The van der Waals surface area contributed by atoms with E-state index in [0.29, 0.717) is 65.3 Å². The molecule has 0 radical (unpaired) electrons. The SMILES string of the molecule is COCCOCCOCCOCCOC(=O)NC1CCC(c2ccc(NC(=O)N3Cc4ccccc4C3)cc2)CC1. The molecule has 1 aliphatic heterocycles. The van der Waals surface area contributed by atoms with Gasteiger partial charge in [0.25, 0.3) is 0 Å². The number of nitrogens with zero attached hydrogens (tertiary/aromatic N) is 1. The number of carbonyl (C=O) groups excluding carboxylic acids is 2. The van der Waals surface area contributed by atoms with E-state index in [1.807, 2.05) is 29.2 Å². The smallest absolute Gasteiger partial charge is 0.407 e. The van der Waals surface area contributed by atoms with Crippen LogP contribution in [0.2, 0.25) is 0 Å². The number of nitrogens with one attached hydrogen (secondary N) is 2. The fraction of sp³-hybridized carbons (Fsp3) is 0.548. The van der Waals surface area contributed by atoms with E-state index in [2.05, 4.69) is 34.9 Å². The van der Waals surface area contributed by atoms with Crippen LogP contribution in [-0.2, 0) is 36.8 Å². The number of rotatable bonds is 15. The molecular weight excluding hydrogens is 526 g/mol. The summed E-state index contributed by atoms with van der Waals surface area (Å²) in [4.78, 5) is 26.7. The molecule has 2 aromatic carbocycles. The van der Waals surface area contributed by atoms with E-state index in [-0.39, 0.29) is 18.7 Å². The Balaban J connectivity index is 1.04. The van der Waals surface area contributed by atoms with Gasteiger partial charge in [0, 0.05) is 31.9 Å². The number of carbonyl (C=O) groups is 2. The van der Waals surface area contributed by atoms with Crippen LogP contribution in [0.1, 0.15) is 48.3 Å². The fourth-order valence-corrected chi connectivity index (χ4v) is 5.17. The largest absolute Gasteiger partial charge is 0.447 e. The van der Waals surface area contributed by atoms with Gasteiger partial charge >= 0.3 is 12.1 Å². The Hall–Kier alpha value is -3.18. The maximum atomic E-state index is 12.7. The minimum atomic E-state index is -0.400. The highest BCUT2D eigenvalue weighted by Crippen LogP contribution is 2.33. The van der Waals surface area contributed by atoms with E-state index in [4.69, 9.17) is 23.7 Å². The van der Waals surface area contributed by atoms with Gasteiger partial charge in [-0.1, -0.05) is 36.4 Å². The molecule has 0 saturated heterocycles. The number of urea groups is 1. The van der Waals surface area contributed by atoms with Gasteiger partial charge in [-0.3, -0.25) is 0 Å². The lowest BCUT2D eigenvalue weighted by Gasteiger charge is -2.29. The molecule has 3 amide bonds. The monoisotopic (exact) mass is 569 g/mol. The molecule has 41 heavy (non-hydrogen) atoms. The van der Waals surface area contributed by atoms with Crippen LogP contribution in [0.25, 0.3) is 0 Å². The Morgan fingerprint density at radius 2 is 1.32 bits per heavy atom. The second kappa shape index (κ2) is 16.9. The van der Waals surface area contributed by atoms with Crippen LogP contribution in [0.15, 0.2) is 48.5 Å². The molecule has 1 aliphatic carbocycles. The van der Waals surface area contributed by atoms with E-state index in [0.717, 1.165) is 31.4 Å². The Morgan fingerprint density at radius 3 is 1.90 bits per heavy atom. The van der Waals surface area contributed by atoms with Crippen molar-refractivity contribution in [3.63, 3.8) is 0 Å². The second-order valence-corrected chi connectivity index (χ2v) is 10.3. The van der Waals surface area contributed by atoms with Gasteiger partial charge in [-0.15, -0.1) is 0 Å². The molecule has 0 bridgehead atoms. The van der Waals surface area contributed by atoms with Gasteiger partial charge in [-0.05, 0) is 60.4 Å². The van der Waals surface area contributed by atoms with Gasteiger partial charge in [0.2, 0.25) is 0 Å². The van der Waals surface area contributed by atoms with Crippen molar-refractivity contribution in [3.05, 3.63) is 65.2 Å². The number of hydrogen-bond acceptors (Lipinski definition) is 7. The van der Waals surface area contributed by atoms with Crippen LogP contribution in [0.5, 0.6) is 0 Å². The topological polar surface area (TPSA) is 108 Å². The van der Waals surface area contributed by atoms with E-state index in [1.165, 1.54) is 16.7 Å². The number of alkyl carbamates (subject to hydrolysis) is 1. The zero-order chi connectivity index (χ0) is 28.7. The van der Waals surface area contributed by atoms with E-state index >= 15 is 0 Å². The summed E-state index contributed by atoms with van der Waals surface area (Å²) in [7, 11) is 1.64. The summed E-state index contributed by atoms with van der Waals surface area (Å²) in [5.74, 6) is 0.439. The van der Waals surface area contributed by atoms with Crippen molar-refractivity contribution in [1.82, 2.24) is 10.2 Å². The summed E-state index contributed by atoms with van der Waals surface area (Å²) in [5, 5.41) is 6.00. The first-order valence-electron chi connectivity index (χ1n) is 14.5. The van der Waals surface area contributed by atoms with Crippen LogP contribution in [0.4, 0.5) is 15.3 Å². The van der Waals surface area contributed by atoms with E-state index in [1.54, 1.807) is 7.11 Å². The Labute approximate surface area is 242 Å². The first kappa shape index (κ1) is 30.8. The van der Waals surface area contributed by atoms with Crippen LogP contribution < -0.4 is 10.6 Å². The summed E-state index contributed by atoms with van der Waals surface area (Å²) in [6, 6.07) is 16.4. The third-order valence-electron chi connectivity index (χ3n) is 7.45. The lowest BCUT2D eigenvalue weighted by atomic mass is 9.82. The van der Waals surface area contributed by atoms with Gasteiger partial charge in [-0.2, -0.15) is 0 Å². The predicted molar refractivity (Wildman–Crippen MR) is 155 cm³/mol. The lowest BCUT2D eigenvalue weighted by molar-refractivity contribution is -0.00244. The Morgan fingerprint density at radius 1 is 0.756 bits per heavy atom. The number of benzene rings is 2. The van der Waals surface area contributed by atoms with E-state index in [9.17, 15) is 9.59 Å². The maximum absolute atomic E-state index is 12.7. The highest BCUT2D eigenvalue weighted by atomic mass is 16.6. The Bertz CT molecular complexity index is 1050. The predicted octanol–water partition coefficient (Wildman–Crippen LogP) is 4.68. The molecular formula is C31H43N3O7. The van der Waals surface area contributed by atoms with Gasteiger partial charge in [0.1, 0.15) is 6.61 Å². The molecule has 224 valence electrons. The molecule has 4 rings (SSSR count). The molecule has 2 aromatic rings. The van der Waals surface area contributed by atoms with Crippen molar-refractivity contribution in [3.8, 4) is 0 Å². The summed E-state index contributed by atoms with van der Waals surface area (Å²) in [6.45, 7) is 4.88. The van der Waals surface area contributed by atoms with Gasteiger partial charge in [-0.25, -0.2) is 9.59 Å². The second-order valence-electron chi connectivity index (χ2n) is 10.3. The van der Waals surface area contributed by atoms with Crippen molar-refractivity contribution < 1.29 is 33.3 Å². The quantitative estimate of drug-likeness (QED) is 0.300. The third-order valence-corrected chi connectivity index (χ3v) is 7.45. The minimum absolute atomic E-state index is 0.0800. The molecule has 2 aliphatic rings. The van der Waals surface area contributed by atoms with Crippen molar-refractivity contribution in [2.24, 2.45) is 0 Å². The molecule has 1 saturated carbocycles. The first-order valence-corrected chi connectivity index (χ1v) is 14.5. The summed E-state index contributed by atoms with van der Waals surface area (Å²) in [6.07, 6.45) is 3.38. The zero-order valence-electron chi connectivity index (χ0n) is 24.0. The standard InChI is InChI=1S/C31H43N3O7/c1-37-14-15-38-16-17-39-18-19-40-20-21-41-31(36)33-29-12-8-25(9-13-29)24-6-10-28(11-7-24)32-30(35)34-22-26-4-2-3-5-27(26)23-34/h2-7,10-11,25,29H,8-9,12-23H2,1H3,(H,32,35)(H,33,36). The molecule has 0 atom stereocenters. The molecule has 0 spiro atoms.